The zero-order chi connectivity index (χ0) is 10.9. The van der Waals surface area contributed by atoms with Gasteiger partial charge in [-0.2, -0.15) is 0 Å². The van der Waals surface area contributed by atoms with Crippen LogP contribution in [0.2, 0.25) is 0 Å². The van der Waals surface area contributed by atoms with Gasteiger partial charge in [-0.15, -0.1) is 0 Å². The van der Waals surface area contributed by atoms with Crippen molar-refractivity contribution in [3.8, 4) is 0 Å². The second-order valence-corrected chi connectivity index (χ2v) is 5.16. The fraction of sp³-hybridized carbons (Fsp3) is 0.909. The van der Waals surface area contributed by atoms with E-state index in [0.29, 0.717) is 12.6 Å². The van der Waals surface area contributed by atoms with Gasteiger partial charge in [0.05, 0.1) is 18.8 Å². The van der Waals surface area contributed by atoms with Crippen LogP contribution in [0.1, 0.15) is 26.7 Å². The van der Waals surface area contributed by atoms with Crippen LogP contribution in [0.5, 0.6) is 0 Å². The number of carbonyl (C=O) groups is 1. The van der Waals surface area contributed by atoms with Gasteiger partial charge in [-0.25, -0.2) is 0 Å². The zero-order valence-electron chi connectivity index (χ0n) is 9.58. The molecule has 0 atom stereocenters. The number of amides is 1. The minimum Gasteiger partial charge on any atom is -0.373 e. The molecule has 1 heterocycles. The molecule has 15 heavy (non-hydrogen) atoms. The van der Waals surface area contributed by atoms with E-state index in [1.807, 2.05) is 0 Å². The molecule has 0 aromatic heterocycles. The smallest absolute Gasteiger partial charge is 0.234 e. The lowest BCUT2D eigenvalue weighted by Crippen LogP contribution is -2.51. The van der Waals surface area contributed by atoms with Crippen LogP contribution in [0.3, 0.4) is 0 Å². The molecule has 1 saturated carbocycles. The van der Waals surface area contributed by atoms with E-state index < -0.39 is 0 Å². The van der Waals surface area contributed by atoms with Gasteiger partial charge in [0.1, 0.15) is 0 Å². The predicted octanol–water partition coefficient (Wildman–Crippen LogP) is 0.376. The third-order valence-corrected chi connectivity index (χ3v) is 2.81. The summed E-state index contributed by atoms with van der Waals surface area (Å²) in [5.41, 5.74) is -0.113. The lowest BCUT2D eigenvalue weighted by molar-refractivity contribution is -0.127. The molecule has 86 valence electrons. The van der Waals surface area contributed by atoms with Crippen molar-refractivity contribution in [2.45, 2.75) is 38.3 Å². The van der Waals surface area contributed by atoms with Gasteiger partial charge in [0.15, 0.2) is 0 Å². The number of carbonyl (C=O) groups excluding carboxylic acids is 1. The average Bonchev–Trinajstić information content (AvgIpc) is 2.85. The molecule has 2 fully saturated rings. The first-order chi connectivity index (χ1) is 7.05. The zero-order valence-corrected chi connectivity index (χ0v) is 9.58. The van der Waals surface area contributed by atoms with Gasteiger partial charge in [0.2, 0.25) is 5.91 Å². The largest absolute Gasteiger partial charge is 0.373 e. The van der Waals surface area contributed by atoms with Gasteiger partial charge in [-0.1, -0.05) is 0 Å². The SMILES string of the molecule is CC1(C)CN(CC(=O)NC2CC2)CCO1. The third kappa shape index (κ3) is 3.47. The number of ether oxygens (including phenoxy) is 1. The number of hydrogen-bond donors (Lipinski definition) is 1. The van der Waals surface area contributed by atoms with Gasteiger partial charge in [0, 0.05) is 19.1 Å². The molecule has 1 N–H and O–H groups in total. The quantitative estimate of drug-likeness (QED) is 0.735. The van der Waals surface area contributed by atoms with Gasteiger partial charge in [-0.3, -0.25) is 9.69 Å². The maximum atomic E-state index is 11.6. The summed E-state index contributed by atoms with van der Waals surface area (Å²) in [6.07, 6.45) is 2.31. The van der Waals surface area contributed by atoms with Gasteiger partial charge >= 0.3 is 0 Å². The summed E-state index contributed by atoms with van der Waals surface area (Å²) in [5, 5.41) is 3.01. The molecule has 0 bridgehead atoms. The molecule has 1 aliphatic carbocycles. The van der Waals surface area contributed by atoms with Gasteiger partial charge in [0.25, 0.3) is 0 Å². The minimum absolute atomic E-state index is 0.113. The van der Waals surface area contributed by atoms with Crippen molar-refractivity contribution in [2.75, 3.05) is 26.2 Å². The Labute approximate surface area is 91.0 Å². The molecule has 0 aromatic rings. The molecule has 4 heteroatoms. The highest BCUT2D eigenvalue weighted by Gasteiger charge is 2.29. The van der Waals surface area contributed by atoms with Crippen molar-refractivity contribution in [3.05, 3.63) is 0 Å². The molecule has 2 rings (SSSR count). The van der Waals surface area contributed by atoms with Crippen LogP contribution >= 0.6 is 0 Å². The Morgan fingerprint density at radius 1 is 1.53 bits per heavy atom. The number of nitrogens with one attached hydrogen (secondary N) is 1. The molecule has 1 saturated heterocycles. The first-order valence-electron chi connectivity index (χ1n) is 5.71. The second-order valence-electron chi connectivity index (χ2n) is 5.16. The molecule has 2 aliphatic rings. The standard InChI is InChI=1S/C11H20N2O2/c1-11(2)8-13(5-6-15-11)7-10(14)12-9-3-4-9/h9H,3-8H2,1-2H3,(H,12,14). The van der Waals surface area contributed by atoms with Crippen LogP contribution < -0.4 is 5.32 Å². The summed E-state index contributed by atoms with van der Waals surface area (Å²) in [6.45, 7) is 7.08. The van der Waals surface area contributed by atoms with Crippen LogP contribution in [0.15, 0.2) is 0 Å². The number of rotatable bonds is 3. The lowest BCUT2D eigenvalue weighted by Gasteiger charge is -2.37. The van der Waals surface area contributed by atoms with E-state index in [0.717, 1.165) is 32.5 Å². The Morgan fingerprint density at radius 3 is 2.87 bits per heavy atom. The molecular weight excluding hydrogens is 192 g/mol. The van der Waals surface area contributed by atoms with E-state index in [2.05, 4.69) is 24.1 Å². The maximum absolute atomic E-state index is 11.6. The summed E-state index contributed by atoms with van der Waals surface area (Å²) in [4.78, 5) is 13.7. The van der Waals surface area contributed by atoms with Crippen molar-refractivity contribution in [1.82, 2.24) is 10.2 Å². The molecule has 1 aliphatic heterocycles. The van der Waals surface area contributed by atoms with Crippen LogP contribution in [0.4, 0.5) is 0 Å². The monoisotopic (exact) mass is 212 g/mol. The van der Waals surface area contributed by atoms with Crippen LogP contribution in [0.25, 0.3) is 0 Å². The van der Waals surface area contributed by atoms with Crippen LogP contribution in [-0.4, -0.2) is 48.7 Å². The van der Waals surface area contributed by atoms with Crippen molar-refractivity contribution in [1.29, 1.82) is 0 Å². The Balaban J connectivity index is 1.75. The van der Waals surface area contributed by atoms with E-state index in [9.17, 15) is 4.79 Å². The first-order valence-corrected chi connectivity index (χ1v) is 5.71. The van der Waals surface area contributed by atoms with Crippen molar-refractivity contribution in [3.63, 3.8) is 0 Å². The topological polar surface area (TPSA) is 41.6 Å². The molecule has 0 aromatic carbocycles. The highest BCUT2D eigenvalue weighted by molar-refractivity contribution is 5.78. The maximum Gasteiger partial charge on any atom is 0.234 e. The predicted molar refractivity (Wildman–Crippen MR) is 57.6 cm³/mol. The Morgan fingerprint density at radius 2 is 2.27 bits per heavy atom. The molecule has 4 nitrogen and oxygen atoms in total. The first kappa shape index (κ1) is 10.9. The summed E-state index contributed by atoms with van der Waals surface area (Å²) in [6, 6.07) is 0.464. The minimum atomic E-state index is -0.113. The van der Waals surface area contributed by atoms with E-state index >= 15 is 0 Å². The van der Waals surface area contributed by atoms with Crippen LogP contribution in [0, 0.1) is 0 Å². The summed E-state index contributed by atoms with van der Waals surface area (Å²) in [5.74, 6) is 0.162. The van der Waals surface area contributed by atoms with E-state index in [-0.39, 0.29) is 11.5 Å². The fourth-order valence-corrected chi connectivity index (χ4v) is 1.95. The van der Waals surface area contributed by atoms with Crippen molar-refractivity contribution >= 4 is 5.91 Å². The molecule has 1 amide bonds. The van der Waals surface area contributed by atoms with E-state index in [4.69, 9.17) is 4.74 Å². The highest BCUT2D eigenvalue weighted by atomic mass is 16.5. The molecule has 0 spiro atoms. The highest BCUT2D eigenvalue weighted by Crippen LogP contribution is 2.19. The van der Waals surface area contributed by atoms with Gasteiger partial charge in [-0.05, 0) is 26.7 Å². The summed E-state index contributed by atoms with van der Waals surface area (Å²) in [7, 11) is 0. The number of nitrogens with zero attached hydrogens (tertiary/aromatic N) is 1. The van der Waals surface area contributed by atoms with E-state index in [1.54, 1.807) is 0 Å². The Bertz CT molecular complexity index is 249. The second kappa shape index (κ2) is 4.10. The van der Waals surface area contributed by atoms with Gasteiger partial charge < -0.3 is 10.1 Å². The summed E-state index contributed by atoms with van der Waals surface area (Å²) >= 11 is 0. The molecule has 0 unspecified atom stereocenters. The van der Waals surface area contributed by atoms with E-state index in [1.165, 1.54) is 0 Å². The Kier molecular flexibility index (Phi) is 2.98. The van der Waals surface area contributed by atoms with Crippen LogP contribution in [-0.2, 0) is 9.53 Å². The molecular formula is C11H20N2O2. The van der Waals surface area contributed by atoms with Crippen molar-refractivity contribution < 1.29 is 9.53 Å². The summed E-state index contributed by atoms with van der Waals surface area (Å²) < 4.78 is 5.60. The fourth-order valence-electron chi connectivity index (χ4n) is 1.95. The molecule has 0 radical (unpaired) electrons. The van der Waals surface area contributed by atoms with Crippen molar-refractivity contribution in [2.24, 2.45) is 0 Å². The number of hydrogen-bond acceptors (Lipinski definition) is 3. The normalized spacial score (nSPS) is 26.3. The lowest BCUT2D eigenvalue weighted by atomic mass is 10.1. The third-order valence-electron chi connectivity index (χ3n) is 2.81. The Hall–Kier alpha value is -0.610. The average molecular weight is 212 g/mol. The number of morpholine rings is 1.